The van der Waals surface area contributed by atoms with Gasteiger partial charge in [0.25, 0.3) is 0 Å². The Bertz CT molecular complexity index is 1050. The molecule has 0 bridgehead atoms. The molecule has 0 radical (unpaired) electrons. The molecule has 0 aliphatic heterocycles. The second kappa shape index (κ2) is 6.68. The molecule has 2 heterocycles. The summed E-state index contributed by atoms with van der Waals surface area (Å²) in [6.45, 7) is 0. The number of alkyl halides is 3. The van der Waals surface area contributed by atoms with E-state index in [4.69, 9.17) is 4.42 Å². The van der Waals surface area contributed by atoms with Crippen LogP contribution in [0.4, 0.5) is 13.2 Å². The Hall–Kier alpha value is -3.48. The molecule has 1 N–H and O–H groups in total. The quantitative estimate of drug-likeness (QED) is 0.486. The van der Waals surface area contributed by atoms with Gasteiger partial charge in [0, 0.05) is 0 Å². The lowest BCUT2D eigenvalue weighted by atomic mass is 10.1. The smallest absolute Gasteiger partial charge is 0.453 e. The number of benzene rings is 2. The predicted octanol–water partition coefficient (Wildman–Crippen LogP) is 5.90. The molecule has 0 unspecified atom stereocenters. The van der Waals surface area contributed by atoms with E-state index in [-0.39, 0.29) is 17.1 Å². The van der Waals surface area contributed by atoms with Gasteiger partial charge in [-0.2, -0.15) is 0 Å². The number of aromatic nitrogens is 2. The van der Waals surface area contributed by atoms with Gasteiger partial charge in [0.1, 0.15) is 11.5 Å². The number of hydrogen-bond acceptors (Lipinski definition) is 3. The van der Waals surface area contributed by atoms with E-state index < -0.39 is 6.36 Å². The summed E-state index contributed by atoms with van der Waals surface area (Å²) in [5.41, 5.74) is 1.98. The maximum Gasteiger partial charge on any atom is 0.573 e. The van der Waals surface area contributed by atoms with Crippen molar-refractivity contribution in [3.8, 4) is 39.9 Å². The molecule has 136 valence electrons. The maximum atomic E-state index is 12.6. The Balaban J connectivity index is 1.65. The normalized spacial score (nSPS) is 11.5. The van der Waals surface area contributed by atoms with Crippen molar-refractivity contribution < 1.29 is 22.3 Å². The van der Waals surface area contributed by atoms with Crippen LogP contribution in [0.15, 0.2) is 77.3 Å². The third-order valence-electron chi connectivity index (χ3n) is 3.88. The van der Waals surface area contributed by atoms with Crippen LogP contribution in [-0.4, -0.2) is 16.3 Å². The zero-order valence-electron chi connectivity index (χ0n) is 13.8. The molecule has 0 fully saturated rings. The lowest BCUT2D eigenvalue weighted by Crippen LogP contribution is -2.17. The van der Waals surface area contributed by atoms with Crippen LogP contribution in [0, 0.1) is 0 Å². The molecular formula is C20H13F3N2O2. The molecule has 2 aromatic heterocycles. The summed E-state index contributed by atoms with van der Waals surface area (Å²) < 4.78 is 47.6. The number of halogens is 3. The Kier molecular flexibility index (Phi) is 4.19. The summed E-state index contributed by atoms with van der Waals surface area (Å²) in [5.74, 6) is 0.821. The zero-order chi connectivity index (χ0) is 18.9. The molecule has 0 aliphatic carbocycles. The number of H-pyrrole nitrogens is 1. The molecule has 2 aromatic carbocycles. The molecular weight excluding hydrogens is 357 g/mol. The second-order valence-corrected chi connectivity index (χ2v) is 5.72. The number of furan rings is 1. The van der Waals surface area contributed by atoms with E-state index in [1.54, 1.807) is 24.4 Å². The minimum absolute atomic E-state index is 0.205. The van der Waals surface area contributed by atoms with Gasteiger partial charge in [-0.05, 0) is 29.8 Å². The SMILES string of the molecule is FC(F)(F)Oc1ccccc1-c1ccc(-c2ncc(-c3ccccc3)[nH]2)o1. The lowest BCUT2D eigenvalue weighted by molar-refractivity contribution is -0.274. The van der Waals surface area contributed by atoms with Crippen molar-refractivity contribution in [1.82, 2.24) is 9.97 Å². The number of para-hydroxylation sites is 1. The van der Waals surface area contributed by atoms with Gasteiger partial charge >= 0.3 is 6.36 Å². The number of nitrogens with zero attached hydrogens (tertiary/aromatic N) is 1. The van der Waals surface area contributed by atoms with Gasteiger partial charge in [-0.3, -0.25) is 0 Å². The third-order valence-corrected chi connectivity index (χ3v) is 3.88. The molecule has 4 nitrogen and oxygen atoms in total. The maximum absolute atomic E-state index is 12.6. The van der Waals surface area contributed by atoms with Gasteiger partial charge in [-0.1, -0.05) is 42.5 Å². The highest BCUT2D eigenvalue weighted by Gasteiger charge is 2.32. The van der Waals surface area contributed by atoms with Crippen molar-refractivity contribution >= 4 is 0 Å². The van der Waals surface area contributed by atoms with E-state index in [2.05, 4.69) is 14.7 Å². The first-order valence-corrected chi connectivity index (χ1v) is 8.05. The third kappa shape index (κ3) is 3.72. The fourth-order valence-corrected chi connectivity index (χ4v) is 2.70. The van der Waals surface area contributed by atoms with Crippen molar-refractivity contribution in [3.05, 3.63) is 72.9 Å². The molecule has 0 spiro atoms. The Morgan fingerprint density at radius 2 is 1.56 bits per heavy atom. The number of nitrogens with one attached hydrogen (secondary N) is 1. The van der Waals surface area contributed by atoms with Crippen LogP contribution in [-0.2, 0) is 0 Å². The summed E-state index contributed by atoms with van der Waals surface area (Å²) in [6, 6.07) is 18.7. The average Bonchev–Trinajstić information content (AvgIpc) is 3.31. The molecule has 7 heteroatoms. The topological polar surface area (TPSA) is 51.0 Å². The average molecular weight is 370 g/mol. The fourth-order valence-electron chi connectivity index (χ4n) is 2.70. The van der Waals surface area contributed by atoms with Gasteiger partial charge in [0.2, 0.25) is 0 Å². The van der Waals surface area contributed by atoms with Gasteiger partial charge in [-0.25, -0.2) is 4.98 Å². The number of hydrogen-bond donors (Lipinski definition) is 1. The highest BCUT2D eigenvalue weighted by atomic mass is 19.4. The highest BCUT2D eigenvalue weighted by molar-refractivity contribution is 5.69. The van der Waals surface area contributed by atoms with E-state index in [0.717, 1.165) is 11.3 Å². The van der Waals surface area contributed by atoms with Crippen molar-refractivity contribution in [2.24, 2.45) is 0 Å². The Morgan fingerprint density at radius 3 is 2.33 bits per heavy atom. The Morgan fingerprint density at radius 1 is 0.852 bits per heavy atom. The van der Waals surface area contributed by atoms with E-state index >= 15 is 0 Å². The monoisotopic (exact) mass is 370 g/mol. The van der Waals surface area contributed by atoms with Crippen LogP contribution in [0.5, 0.6) is 5.75 Å². The Labute approximate surface area is 152 Å². The molecule has 0 amide bonds. The van der Waals surface area contributed by atoms with Crippen LogP contribution in [0.1, 0.15) is 0 Å². The van der Waals surface area contributed by atoms with Crippen molar-refractivity contribution in [3.63, 3.8) is 0 Å². The minimum Gasteiger partial charge on any atom is -0.453 e. The molecule has 0 atom stereocenters. The number of imidazole rings is 1. The second-order valence-electron chi connectivity index (χ2n) is 5.72. The van der Waals surface area contributed by atoms with Crippen molar-refractivity contribution in [1.29, 1.82) is 0 Å². The molecule has 4 aromatic rings. The summed E-state index contributed by atoms with van der Waals surface area (Å²) in [6.07, 6.45) is -3.11. The molecule has 0 saturated carbocycles. The van der Waals surface area contributed by atoms with Crippen molar-refractivity contribution in [2.45, 2.75) is 6.36 Å². The number of ether oxygens (including phenoxy) is 1. The first kappa shape index (κ1) is 17.0. The van der Waals surface area contributed by atoms with Gasteiger partial charge < -0.3 is 14.1 Å². The highest BCUT2D eigenvalue weighted by Crippen LogP contribution is 2.36. The zero-order valence-corrected chi connectivity index (χ0v) is 13.8. The van der Waals surface area contributed by atoms with Crippen LogP contribution in [0.2, 0.25) is 0 Å². The van der Waals surface area contributed by atoms with Gasteiger partial charge in [0.05, 0.1) is 17.5 Å². The molecule has 27 heavy (non-hydrogen) atoms. The summed E-state index contributed by atoms with van der Waals surface area (Å²) >= 11 is 0. The van der Waals surface area contributed by atoms with Crippen LogP contribution < -0.4 is 4.74 Å². The first-order valence-electron chi connectivity index (χ1n) is 8.05. The van der Waals surface area contributed by atoms with Gasteiger partial charge in [0.15, 0.2) is 11.6 Å². The van der Waals surface area contributed by atoms with Gasteiger partial charge in [-0.15, -0.1) is 13.2 Å². The van der Waals surface area contributed by atoms with E-state index in [1.807, 2.05) is 30.3 Å². The van der Waals surface area contributed by atoms with E-state index in [9.17, 15) is 13.2 Å². The lowest BCUT2D eigenvalue weighted by Gasteiger charge is -2.11. The summed E-state index contributed by atoms with van der Waals surface area (Å²) in [4.78, 5) is 7.44. The number of aromatic amines is 1. The van der Waals surface area contributed by atoms with Crippen molar-refractivity contribution in [2.75, 3.05) is 0 Å². The van der Waals surface area contributed by atoms with E-state index in [1.165, 1.54) is 18.2 Å². The molecule has 0 saturated heterocycles. The summed E-state index contributed by atoms with van der Waals surface area (Å²) in [7, 11) is 0. The largest absolute Gasteiger partial charge is 0.573 e. The predicted molar refractivity (Wildman–Crippen MR) is 93.8 cm³/mol. The molecule has 0 aliphatic rings. The van der Waals surface area contributed by atoms with Crippen LogP contribution >= 0.6 is 0 Å². The number of rotatable bonds is 4. The van der Waals surface area contributed by atoms with Crippen LogP contribution in [0.3, 0.4) is 0 Å². The minimum atomic E-state index is -4.78. The fraction of sp³-hybridized carbons (Fsp3) is 0.0500. The first-order chi connectivity index (χ1) is 13.0. The van der Waals surface area contributed by atoms with E-state index in [0.29, 0.717) is 11.6 Å². The van der Waals surface area contributed by atoms with Crippen LogP contribution in [0.25, 0.3) is 34.2 Å². The summed E-state index contributed by atoms with van der Waals surface area (Å²) in [5, 5.41) is 0. The standard InChI is InChI=1S/C20H13F3N2O2/c21-20(22,23)27-17-9-5-4-8-14(17)16-10-11-18(26-16)19-24-12-15(25-19)13-6-2-1-3-7-13/h1-12H,(H,24,25). The molecule has 4 rings (SSSR count).